The summed E-state index contributed by atoms with van der Waals surface area (Å²) in [5.41, 5.74) is 0.772. The van der Waals surface area contributed by atoms with Crippen molar-refractivity contribution < 1.29 is 28.5 Å². The summed E-state index contributed by atoms with van der Waals surface area (Å²) in [6, 6.07) is 11.3. The van der Waals surface area contributed by atoms with E-state index in [4.69, 9.17) is 18.9 Å². The van der Waals surface area contributed by atoms with Crippen molar-refractivity contribution in [3.63, 3.8) is 0 Å². The Morgan fingerprint density at radius 3 is 2.45 bits per heavy atom. The molecule has 0 aromatic heterocycles. The van der Waals surface area contributed by atoms with Crippen LogP contribution in [0.1, 0.15) is 47.4 Å². The van der Waals surface area contributed by atoms with Crippen LogP contribution in [0, 0.1) is 0 Å². The van der Waals surface area contributed by atoms with Gasteiger partial charge in [-0.05, 0) is 85.1 Å². The Balaban J connectivity index is 1.56. The molecular weight excluding hydrogens is 440 g/mol. The third kappa shape index (κ3) is 6.05. The van der Waals surface area contributed by atoms with E-state index >= 15 is 0 Å². The molecule has 1 unspecified atom stereocenters. The molecule has 154 valence electrons. The Labute approximate surface area is 178 Å². The molecule has 1 heterocycles. The zero-order valence-corrected chi connectivity index (χ0v) is 17.9. The van der Waals surface area contributed by atoms with Crippen molar-refractivity contribution in [3.05, 3.63) is 58.1 Å². The van der Waals surface area contributed by atoms with Crippen LogP contribution < -0.4 is 9.47 Å². The summed E-state index contributed by atoms with van der Waals surface area (Å²) in [6.07, 6.45) is 1.91. The number of hydrogen-bond donors (Lipinski definition) is 0. The van der Waals surface area contributed by atoms with Gasteiger partial charge in [-0.2, -0.15) is 0 Å². The first-order valence-corrected chi connectivity index (χ1v) is 10.3. The second kappa shape index (κ2) is 9.89. The van der Waals surface area contributed by atoms with Crippen LogP contribution in [0.15, 0.2) is 46.9 Å². The molecule has 29 heavy (non-hydrogen) atoms. The molecule has 7 heteroatoms. The number of esters is 2. The van der Waals surface area contributed by atoms with Crippen LogP contribution in [-0.2, 0) is 9.47 Å². The van der Waals surface area contributed by atoms with E-state index in [0.29, 0.717) is 33.7 Å². The predicted molar refractivity (Wildman–Crippen MR) is 111 cm³/mol. The molecule has 1 aliphatic rings. The molecular formula is C22H23BrO6. The minimum atomic E-state index is -0.504. The van der Waals surface area contributed by atoms with Crippen molar-refractivity contribution in [3.8, 4) is 11.5 Å². The lowest BCUT2D eigenvalue weighted by molar-refractivity contribution is 0.0161. The fourth-order valence-corrected chi connectivity index (χ4v) is 3.30. The van der Waals surface area contributed by atoms with Gasteiger partial charge in [-0.15, -0.1) is 0 Å². The Morgan fingerprint density at radius 2 is 1.83 bits per heavy atom. The molecule has 1 aliphatic heterocycles. The lowest BCUT2D eigenvalue weighted by Crippen LogP contribution is -2.17. The van der Waals surface area contributed by atoms with Crippen molar-refractivity contribution >= 4 is 27.9 Å². The molecule has 6 nitrogen and oxygen atoms in total. The molecule has 0 aliphatic carbocycles. The number of ether oxygens (including phenoxy) is 4. The fourth-order valence-electron chi connectivity index (χ4n) is 2.83. The Morgan fingerprint density at radius 1 is 1.10 bits per heavy atom. The first-order chi connectivity index (χ1) is 13.9. The van der Waals surface area contributed by atoms with Gasteiger partial charge in [-0.1, -0.05) is 0 Å². The highest BCUT2D eigenvalue weighted by molar-refractivity contribution is 9.10. The van der Waals surface area contributed by atoms with Crippen molar-refractivity contribution in [2.45, 2.75) is 38.9 Å². The van der Waals surface area contributed by atoms with Gasteiger partial charge >= 0.3 is 11.9 Å². The Kier molecular flexibility index (Phi) is 7.28. The Hall–Kier alpha value is -2.38. The van der Waals surface area contributed by atoms with Gasteiger partial charge in [-0.25, -0.2) is 9.59 Å². The predicted octanol–water partition coefficient (Wildman–Crippen LogP) is 4.79. The number of hydrogen-bond acceptors (Lipinski definition) is 6. The summed E-state index contributed by atoms with van der Waals surface area (Å²) < 4.78 is 22.4. The zero-order chi connectivity index (χ0) is 20.8. The Bertz CT molecular complexity index is 856. The van der Waals surface area contributed by atoms with Crippen LogP contribution in [0.4, 0.5) is 0 Å². The highest BCUT2D eigenvalue weighted by Gasteiger charge is 2.18. The summed E-state index contributed by atoms with van der Waals surface area (Å²) in [6.45, 7) is 4.82. The van der Waals surface area contributed by atoms with Crippen LogP contribution in [0.3, 0.4) is 0 Å². The first kappa shape index (κ1) is 21.3. The average Bonchev–Trinajstić information content (AvgIpc) is 3.21. The van der Waals surface area contributed by atoms with Crippen molar-refractivity contribution in [2.75, 3.05) is 13.2 Å². The van der Waals surface area contributed by atoms with Gasteiger partial charge in [0, 0.05) is 6.61 Å². The maximum absolute atomic E-state index is 12.4. The maximum Gasteiger partial charge on any atom is 0.343 e. The third-order valence-corrected chi connectivity index (χ3v) is 4.87. The SMILES string of the molecule is CC(C)Oc1ccc(C(=O)Oc2ccc(C(=O)OCC3CCCO3)cc2)cc1Br. The summed E-state index contributed by atoms with van der Waals surface area (Å²) in [7, 11) is 0. The van der Waals surface area contributed by atoms with Gasteiger partial charge in [-0.3, -0.25) is 0 Å². The summed E-state index contributed by atoms with van der Waals surface area (Å²) in [5, 5.41) is 0. The van der Waals surface area contributed by atoms with Gasteiger partial charge in [0.1, 0.15) is 18.1 Å². The normalized spacial score (nSPS) is 15.9. The molecule has 1 saturated heterocycles. The van der Waals surface area contributed by atoms with E-state index in [9.17, 15) is 9.59 Å². The van der Waals surface area contributed by atoms with E-state index in [0.717, 1.165) is 12.8 Å². The van der Waals surface area contributed by atoms with Crippen molar-refractivity contribution in [1.29, 1.82) is 0 Å². The van der Waals surface area contributed by atoms with Gasteiger partial charge in [0.2, 0.25) is 0 Å². The van der Waals surface area contributed by atoms with Crippen LogP contribution >= 0.6 is 15.9 Å². The monoisotopic (exact) mass is 462 g/mol. The van der Waals surface area contributed by atoms with Crippen molar-refractivity contribution in [2.24, 2.45) is 0 Å². The van der Waals surface area contributed by atoms with E-state index in [2.05, 4.69) is 15.9 Å². The van der Waals surface area contributed by atoms with Crippen LogP contribution in [0.2, 0.25) is 0 Å². The summed E-state index contributed by atoms with van der Waals surface area (Å²) in [5.74, 6) is 0.0604. The van der Waals surface area contributed by atoms with Gasteiger partial charge in [0.15, 0.2) is 0 Å². The van der Waals surface area contributed by atoms with Gasteiger partial charge in [0.25, 0.3) is 0 Å². The topological polar surface area (TPSA) is 71.1 Å². The molecule has 0 radical (unpaired) electrons. The lowest BCUT2D eigenvalue weighted by Gasteiger charge is -2.12. The summed E-state index contributed by atoms with van der Waals surface area (Å²) in [4.78, 5) is 24.5. The largest absolute Gasteiger partial charge is 0.490 e. The highest BCUT2D eigenvalue weighted by atomic mass is 79.9. The number of halogens is 1. The molecule has 2 aromatic rings. The van der Waals surface area contributed by atoms with Gasteiger partial charge in [0.05, 0.1) is 27.8 Å². The standard InChI is InChI=1S/C22H23BrO6/c1-14(2)28-20-10-7-16(12-19(20)23)22(25)29-17-8-5-15(6-9-17)21(24)27-13-18-4-3-11-26-18/h5-10,12,14,18H,3-4,11,13H2,1-2H3. The van der Waals surface area contributed by atoms with E-state index in [1.54, 1.807) is 42.5 Å². The number of rotatable bonds is 7. The molecule has 2 aromatic carbocycles. The van der Waals surface area contributed by atoms with Crippen LogP contribution in [0.25, 0.3) is 0 Å². The minimum Gasteiger partial charge on any atom is -0.490 e. The second-order valence-electron chi connectivity index (χ2n) is 6.96. The fraction of sp³-hybridized carbons (Fsp3) is 0.364. The molecule has 0 amide bonds. The van der Waals surface area contributed by atoms with Crippen LogP contribution in [-0.4, -0.2) is 37.4 Å². The summed E-state index contributed by atoms with van der Waals surface area (Å²) >= 11 is 3.40. The van der Waals surface area contributed by atoms with E-state index in [1.807, 2.05) is 13.8 Å². The molecule has 0 saturated carbocycles. The number of benzene rings is 2. The van der Waals surface area contributed by atoms with E-state index in [-0.39, 0.29) is 18.8 Å². The van der Waals surface area contributed by atoms with E-state index in [1.165, 1.54) is 0 Å². The smallest absolute Gasteiger partial charge is 0.343 e. The minimum absolute atomic E-state index is 0.0178. The molecule has 0 N–H and O–H groups in total. The average molecular weight is 463 g/mol. The quantitative estimate of drug-likeness (QED) is 0.435. The van der Waals surface area contributed by atoms with Crippen molar-refractivity contribution in [1.82, 2.24) is 0 Å². The molecule has 1 atom stereocenters. The number of carbonyl (C=O) groups excluding carboxylic acids is 2. The third-order valence-electron chi connectivity index (χ3n) is 4.26. The number of carbonyl (C=O) groups is 2. The molecule has 1 fully saturated rings. The molecule has 3 rings (SSSR count). The van der Waals surface area contributed by atoms with Gasteiger partial charge < -0.3 is 18.9 Å². The molecule has 0 bridgehead atoms. The molecule has 0 spiro atoms. The lowest BCUT2D eigenvalue weighted by atomic mass is 10.2. The second-order valence-corrected chi connectivity index (χ2v) is 7.81. The first-order valence-electron chi connectivity index (χ1n) is 9.49. The van der Waals surface area contributed by atoms with E-state index < -0.39 is 11.9 Å². The highest BCUT2D eigenvalue weighted by Crippen LogP contribution is 2.27. The van der Waals surface area contributed by atoms with Crippen LogP contribution in [0.5, 0.6) is 11.5 Å². The maximum atomic E-state index is 12.4. The zero-order valence-electron chi connectivity index (χ0n) is 16.4.